The Kier molecular flexibility index (Phi) is 5.53. The Morgan fingerprint density at radius 1 is 1.27 bits per heavy atom. The van der Waals surface area contributed by atoms with E-state index in [9.17, 15) is 9.18 Å². The second-order valence-corrected chi connectivity index (χ2v) is 6.09. The van der Waals surface area contributed by atoms with Crippen LogP contribution in [0, 0.1) is 5.82 Å². The minimum absolute atomic E-state index is 0.207. The number of hydrogen-bond donors (Lipinski definition) is 0. The van der Waals surface area contributed by atoms with Crippen LogP contribution in [0.25, 0.3) is 5.69 Å². The SMILES string of the molecule is CN(CCOc1cccc(Cl)c1)C(=O)c1cncn1-c1ccc(F)cc1. The van der Waals surface area contributed by atoms with Crippen LogP contribution in [0.15, 0.2) is 61.1 Å². The molecule has 26 heavy (non-hydrogen) atoms. The maximum Gasteiger partial charge on any atom is 0.272 e. The number of amides is 1. The maximum atomic E-state index is 13.1. The molecule has 3 rings (SSSR count). The number of ether oxygens (including phenoxy) is 1. The van der Waals surface area contributed by atoms with Gasteiger partial charge in [-0.25, -0.2) is 9.37 Å². The molecule has 7 heteroatoms. The van der Waals surface area contributed by atoms with E-state index >= 15 is 0 Å². The van der Waals surface area contributed by atoms with Crippen molar-refractivity contribution in [2.45, 2.75) is 0 Å². The number of likely N-dealkylation sites (N-methyl/N-ethyl adjacent to an activating group) is 1. The monoisotopic (exact) mass is 373 g/mol. The fourth-order valence-corrected chi connectivity index (χ4v) is 2.60. The normalized spacial score (nSPS) is 10.6. The van der Waals surface area contributed by atoms with Crippen LogP contribution < -0.4 is 4.74 Å². The second-order valence-electron chi connectivity index (χ2n) is 5.66. The van der Waals surface area contributed by atoms with Crippen molar-refractivity contribution in [3.05, 3.63) is 77.6 Å². The third-order valence-corrected chi connectivity index (χ3v) is 4.04. The maximum absolute atomic E-state index is 13.1. The molecule has 0 saturated heterocycles. The molecule has 1 amide bonds. The molecule has 0 N–H and O–H groups in total. The number of nitrogens with zero attached hydrogens (tertiary/aromatic N) is 3. The van der Waals surface area contributed by atoms with Crippen LogP contribution in [0.4, 0.5) is 4.39 Å². The number of rotatable bonds is 6. The zero-order valence-electron chi connectivity index (χ0n) is 14.1. The average molecular weight is 374 g/mol. The van der Waals surface area contributed by atoms with Gasteiger partial charge in [-0.1, -0.05) is 17.7 Å². The highest BCUT2D eigenvalue weighted by molar-refractivity contribution is 6.30. The summed E-state index contributed by atoms with van der Waals surface area (Å²) in [6.45, 7) is 0.715. The third-order valence-electron chi connectivity index (χ3n) is 3.80. The number of halogens is 2. The van der Waals surface area contributed by atoms with E-state index in [1.54, 1.807) is 52.9 Å². The van der Waals surface area contributed by atoms with Gasteiger partial charge < -0.3 is 9.64 Å². The summed E-state index contributed by atoms with van der Waals surface area (Å²) in [5.41, 5.74) is 1.05. The van der Waals surface area contributed by atoms with Crippen molar-refractivity contribution < 1.29 is 13.9 Å². The molecule has 0 aliphatic heterocycles. The summed E-state index contributed by atoms with van der Waals surface area (Å²) in [5.74, 6) is 0.105. The molecule has 0 aliphatic carbocycles. The smallest absolute Gasteiger partial charge is 0.272 e. The van der Waals surface area contributed by atoms with Crippen LogP contribution >= 0.6 is 11.6 Å². The Morgan fingerprint density at radius 3 is 2.77 bits per heavy atom. The zero-order valence-corrected chi connectivity index (χ0v) is 14.9. The van der Waals surface area contributed by atoms with Crippen molar-refractivity contribution in [3.63, 3.8) is 0 Å². The summed E-state index contributed by atoms with van der Waals surface area (Å²) < 4.78 is 20.3. The topological polar surface area (TPSA) is 47.4 Å². The molecule has 0 atom stereocenters. The standard InChI is InChI=1S/C19H17ClFN3O2/c1-23(9-10-26-17-4-2-3-14(20)11-17)19(25)18-12-22-13-24(18)16-7-5-15(21)6-8-16/h2-8,11-13H,9-10H2,1H3. The zero-order chi connectivity index (χ0) is 18.5. The van der Waals surface area contributed by atoms with Crippen LogP contribution in [-0.4, -0.2) is 40.6 Å². The summed E-state index contributed by atoms with van der Waals surface area (Å²) in [6.07, 6.45) is 3.01. The van der Waals surface area contributed by atoms with Gasteiger partial charge in [-0.3, -0.25) is 9.36 Å². The van der Waals surface area contributed by atoms with Gasteiger partial charge >= 0.3 is 0 Å². The summed E-state index contributed by atoms with van der Waals surface area (Å²) in [7, 11) is 1.69. The van der Waals surface area contributed by atoms with E-state index < -0.39 is 0 Å². The molecule has 2 aromatic carbocycles. The van der Waals surface area contributed by atoms with E-state index in [2.05, 4.69) is 4.98 Å². The van der Waals surface area contributed by atoms with Gasteiger partial charge in [0.15, 0.2) is 0 Å². The Hall–Kier alpha value is -2.86. The quantitative estimate of drug-likeness (QED) is 0.660. The predicted octanol–water partition coefficient (Wildman–Crippen LogP) is 3.82. The van der Waals surface area contributed by atoms with Crippen molar-refractivity contribution in [1.82, 2.24) is 14.5 Å². The number of benzene rings is 2. The second kappa shape index (κ2) is 8.01. The van der Waals surface area contributed by atoms with Gasteiger partial charge in [0.1, 0.15) is 23.9 Å². The lowest BCUT2D eigenvalue weighted by molar-refractivity contribution is 0.0766. The summed E-state index contributed by atoms with van der Waals surface area (Å²) >= 11 is 5.91. The van der Waals surface area contributed by atoms with Crippen molar-refractivity contribution in [3.8, 4) is 11.4 Å². The van der Waals surface area contributed by atoms with Crippen LogP contribution in [0.5, 0.6) is 5.75 Å². The molecule has 0 aliphatic rings. The Bertz CT molecular complexity index is 896. The Morgan fingerprint density at radius 2 is 2.04 bits per heavy atom. The first-order valence-corrected chi connectivity index (χ1v) is 8.34. The number of carbonyl (C=O) groups excluding carboxylic acids is 1. The molecule has 0 unspecified atom stereocenters. The van der Waals surface area contributed by atoms with E-state index in [4.69, 9.17) is 16.3 Å². The Labute approximate surface area is 155 Å². The minimum atomic E-state index is -0.336. The highest BCUT2D eigenvalue weighted by atomic mass is 35.5. The first-order valence-electron chi connectivity index (χ1n) is 7.97. The molecule has 0 spiro atoms. The fourth-order valence-electron chi connectivity index (χ4n) is 2.42. The van der Waals surface area contributed by atoms with E-state index in [-0.39, 0.29) is 11.7 Å². The summed E-state index contributed by atoms with van der Waals surface area (Å²) in [4.78, 5) is 18.3. The number of aromatic nitrogens is 2. The van der Waals surface area contributed by atoms with Crippen LogP contribution in [-0.2, 0) is 0 Å². The molecule has 3 aromatic rings. The Balaban J connectivity index is 1.64. The van der Waals surface area contributed by atoms with Crippen molar-refractivity contribution >= 4 is 17.5 Å². The third kappa shape index (κ3) is 4.21. The molecule has 0 bridgehead atoms. The largest absolute Gasteiger partial charge is 0.492 e. The minimum Gasteiger partial charge on any atom is -0.492 e. The van der Waals surface area contributed by atoms with Crippen LogP contribution in [0.3, 0.4) is 0 Å². The summed E-state index contributed by atoms with van der Waals surface area (Å²) in [5, 5.41) is 0.593. The molecule has 1 aromatic heterocycles. The van der Waals surface area contributed by atoms with Gasteiger partial charge in [0, 0.05) is 17.8 Å². The van der Waals surface area contributed by atoms with Gasteiger partial charge in [-0.05, 0) is 42.5 Å². The molecule has 1 heterocycles. The van der Waals surface area contributed by atoms with E-state index in [0.29, 0.717) is 35.3 Å². The number of carbonyl (C=O) groups is 1. The first kappa shape index (κ1) is 17.9. The fraction of sp³-hybridized carbons (Fsp3) is 0.158. The van der Waals surface area contributed by atoms with Gasteiger partial charge in [0.05, 0.1) is 19.1 Å². The van der Waals surface area contributed by atoms with Crippen molar-refractivity contribution in [2.75, 3.05) is 20.2 Å². The van der Waals surface area contributed by atoms with Gasteiger partial charge in [0.2, 0.25) is 0 Å². The summed E-state index contributed by atoms with van der Waals surface area (Å²) in [6, 6.07) is 12.9. The average Bonchev–Trinajstić information content (AvgIpc) is 3.11. The van der Waals surface area contributed by atoms with E-state index in [1.807, 2.05) is 0 Å². The van der Waals surface area contributed by atoms with Gasteiger partial charge in [-0.2, -0.15) is 0 Å². The highest BCUT2D eigenvalue weighted by Gasteiger charge is 2.17. The molecular weight excluding hydrogens is 357 g/mol. The molecule has 0 fully saturated rings. The van der Waals surface area contributed by atoms with Gasteiger partial charge in [0.25, 0.3) is 5.91 Å². The first-order chi connectivity index (χ1) is 12.5. The number of hydrogen-bond acceptors (Lipinski definition) is 3. The number of imidazole rings is 1. The molecule has 134 valence electrons. The van der Waals surface area contributed by atoms with Crippen LogP contribution in [0.2, 0.25) is 5.02 Å². The highest BCUT2D eigenvalue weighted by Crippen LogP contribution is 2.17. The van der Waals surface area contributed by atoms with Crippen molar-refractivity contribution in [2.24, 2.45) is 0 Å². The van der Waals surface area contributed by atoms with E-state index in [1.165, 1.54) is 24.7 Å². The molecule has 0 radical (unpaired) electrons. The molecule has 5 nitrogen and oxygen atoms in total. The predicted molar refractivity (Wildman–Crippen MR) is 97.4 cm³/mol. The van der Waals surface area contributed by atoms with Crippen molar-refractivity contribution in [1.29, 1.82) is 0 Å². The molecular formula is C19H17ClFN3O2. The van der Waals surface area contributed by atoms with Crippen LogP contribution in [0.1, 0.15) is 10.5 Å². The van der Waals surface area contributed by atoms with E-state index in [0.717, 1.165) is 0 Å². The lowest BCUT2D eigenvalue weighted by atomic mass is 10.3. The molecule has 0 saturated carbocycles. The lowest BCUT2D eigenvalue weighted by Gasteiger charge is -2.18. The van der Waals surface area contributed by atoms with Gasteiger partial charge in [-0.15, -0.1) is 0 Å². The lowest BCUT2D eigenvalue weighted by Crippen LogP contribution is -2.32.